The van der Waals surface area contributed by atoms with Crippen LogP contribution in [-0.2, 0) is 14.8 Å². The Balaban J connectivity index is 1.30. The van der Waals surface area contributed by atoms with Gasteiger partial charge in [-0.15, -0.1) is 11.3 Å². The van der Waals surface area contributed by atoms with E-state index in [1.807, 2.05) is 30.3 Å². The summed E-state index contributed by atoms with van der Waals surface area (Å²) in [5.41, 5.74) is 2.59. The van der Waals surface area contributed by atoms with Crippen LogP contribution >= 0.6 is 23.1 Å². The third kappa shape index (κ3) is 5.63. The summed E-state index contributed by atoms with van der Waals surface area (Å²) in [7, 11) is -3.32. The summed E-state index contributed by atoms with van der Waals surface area (Å²) in [5.74, 6) is -0.173. The summed E-state index contributed by atoms with van der Waals surface area (Å²) < 4.78 is 25.9. The van der Waals surface area contributed by atoms with Crippen molar-refractivity contribution in [3.63, 3.8) is 0 Å². The van der Waals surface area contributed by atoms with E-state index in [1.165, 1.54) is 18.1 Å². The largest absolute Gasteiger partial charge is 0.302 e. The van der Waals surface area contributed by atoms with Crippen molar-refractivity contribution in [2.75, 3.05) is 12.3 Å². The number of fused-ring (bicyclic) bond motifs is 1. The molecule has 1 aliphatic heterocycles. The molecule has 10 heteroatoms. The van der Waals surface area contributed by atoms with Crippen molar-refractivity contribution in [2.24, 2.45) is 4.99 Å². The monoisotopic (exact) mass is 552 g/mol. The predicted octanol–water partition coefficient (Wildman–Crippen LogP) is 5.65. The van der Waals surface area contributed by atoms with Crippen molar-refractivity contribution in [3.05, 3.63) is 66.3 Å². The lowest BCUT2D eigenvalue weighted by Gasteiger charge is -2.35. The Morgan fingerprint density at radius 2 is 1.97 bits per heavy atom. The van der Waals surface area contributed by atoms with Gasteiger partial charge in [0.25, 0.3) is 5.91 Å². The van der Waals surface area contributed by atoms with Crippen molar-refractivity contribution in [3.8, 4) is 11.1 Å². The number of carbonyl (C=O) groups excluding carboxylic acids is 1. The molecule has 1 saturated heterocycles. The number of carbonyl (C=O) groups is 1. The molecule has 2 aliphatic rings. The van der Waals surface area contributed by atoms with Gasteiger partial charge in [-0.3, -0.25) is 4.79 Å². The summed E-state index contributed by atoms with van der Waals surface area (Å²) in [6.45, 7) is 2.67. The molecule has 0 saturated carbocycles. The van der Waals surface area contributed by atoms with Crippen LogP contribution in [0.25, 0.3) is 21.3 Å². The number of aliphatic imine (C=N–C) groups is 1. The fourth-order valence-electron chi connectivity index (χ4n) is 4.63. The Morgan fingerprint density at radius 3 is 2.73 bits per heavy atom. The summed E-state index contributed by atoms with van der Waals surface area (Å²) in [4.78, 5) is 26.9. The van der Waals surface area contributed by atoms with E-state index < -0.39 is 9.99 Å². The van der Waals surface area contributed by atoms with E-state index in [2.05, 4.69) is 27.3 Å². The molecular weight excluding hydrogens is 525 g/mol. The molecule has 7 nitrogen and oxygen atoms in total. The number of aromatic nitrogens is 2. The quantitative estimate of drug-likeness (QED) is 0.241. The first-order chi connectivity index (χ1) is 18.0. The Hall–Kier alpha value is -2.63. The van der Waals surface area contributed by atoms with E-state index in [-0.39, 0.29) is 17.7 Å². The van der Waals surface area contributed by atoms with E-state index in [1.54, 1.807) is 39.9 Å². The van der Waals surface area contributed by atoms with Crippen molar-refractivity contribution in [2.45, 2.75) is 43.7 Å². The van der Waals surface area contributed by atoms with E-state index in [4.69, 9.17) is 0 Å². The zero-order valence-electron chi connectivity index (χ0n) is 20.4. The third-order valence-electron chi connectivity index (χ3n) is 6.51. The Morgan fingerprint density at radius 1 is 1.19 bits per heavy atom. The van der Waals surface area contributed by atoms with Gasteiger partial charge in [-0.2, -0.15) is 0 Å². The fourth-order valence-corrected chi connectivity index (χ4v) is 8.21. The maximum atomic E-state index is 13.3. The highest BCUT2D eigenvalue weighted by molar-refractivity contribution is 8.00. The second-order valence-electron chi connectivity index (χ2n) is 8.86. The highest BCUT2D eigenvalue weighted by Crippen LogP contribution is 2.37. The van der Waals surface area contributed by atoms with Gasteiger partial charge < -0.3 is 4.55 Å². The van der Waals surface area contributed by atoms with Gasteiger partial charge in [0.05, 0.1) is 21.7 Å². The maximum Gasteiger partial charge on any atom is 0.256 e. The lowest BCUT2D eigenvalue weighted by molar-refractivity contribution is -0.115. The van der Waals surface area contributed by atoms with Crippen LogP contribution in [0.2, 0.25) is 0 Å². The number of allylic oxidation sites excluding steroid dienone is 4. The molecule has 1 amide bonds. The van der Waals surface area contributed by atoms with Crippen molar-refractivity contribution in [1.82, 2.24) is 14.3 Å². The average Bonchev–Trinajstić information content (AvgIpc) is 3.37. The molecule has 0 bridgehead atoms. The minimum atomic E-state index is -3.32. The van der Waals surface area contributed by atoms with Crippen LogP contribution in [0.5, 0.6) is 0 Å². The summed E-state index contributed by atoms with van der Waals surface area (Å²) in [5, 5.41) is 3.76. The van der Waals surface area contributed by atoms with Crippen LogP contribution in [0.3, 0.4) is 0 Å². The molecule has 1 N–H and O–H groups in total. The highest BCUT2D eigenvalue weighted by Gasteiger charge is 2.29. The van der Waals surface area contributed by atoms with E-state index >= 15 is 0 Å². The summed E-state index contributed by atoms with van der Waals surface area (Å²) in [6, 6.07) is 10.2. The number of hydrogen-bond acceptors (Lipinski definition) is 6. The first kappa shape index (κ1) is 26.0. The molecular formula is C27H28N4O3S3. The highest BCUT2D eigenvalue weighted by atomic mass is 32.2. The van der Waals surface area contributed by atoms with Crippen LogP contribution < -0.4 is 0 Å². The van der Waals surface area contributed by atoms with Gasteiger partial charge in [0.2, 0.25) is 0 Å². The number of piperidine rings is 1. The van der Waals surface area contributed by atoms with E-state index in [0.717, 1.165) is 52.1 Å². The summed E-state index contributed by atoms with van der Waals surface area (Å²) in [6.07, 6.45) is 11.8. The molecule has 3 aromatic rings. The molecule has 1 unspecified atom stereocenters. The first-order valence-corrected chi connectivity index (χ1v) is 15.6. The van der Waals surface area contributed by atoms with Crippen molar-refractivity contribution < 1.29 is 13.6 Å². The molecule has 1 aromatic carbocycles. The molecule has 1 fully saturated rings. The van der Waals surface area contributed by atoms with Crippen LogP contribution in [0.4, 0.5) is 0 Å². The van der Waals surface area contributed by atoms with Crippen LogP contribution in [0.15, 0.2) is 76.4 Å². The second-order valence-corrected chi connectivity index (χ2v) is 12.6. The molecule has 37 heavy (non-hydrogen) atoms. The van der Waals surface area contributed by atoms with Crippen LogP contribution in [-0.4, -0.2) is 57.9 Å². The fraction of sp³-hybridized carbons (Fsp3) is 0.296. The zero-order valence-corrected chi connectivity index (χ0v) is 22.9. The molecule has 2 aromatic heterocycles. The van der Waals surface area contributed by atoms with Gasteiger partial charge in [-0.1, -0.05) is 55.4 Å². The molecule has 2 atom stereocenters. The molecule has 5 rings (SSSR count). The lowest BCUT2D eigenvalue weighted by Crippen LogP contribution is -2.45. The summed E-state index contributed by atoms with van der Waals surface area (Å²) >= 11 is 2.89. The Labute approximate surface area is 225 Å². The SMILES string of the molecule is CC[C@@H]1CCCCN1S(=O)(O)=C1C=CC(=NC(=O)CSc2ncnc3scc(-c4ccccc4)c23)C=C1. The van der Waals surface area contributed by atoms with Gasteiger partial charge in [0.15, 0.2) is 9.99 Å². The number of amides is 1. The van der Waals surface area contributed by atoms with Gasteiger partial charge >= 0.3 is 0 Å². The first-order valence-electron chi connectivity index (χ1n) is 12.3. The number of thiophene rings is 1. The lowest BCUT2D eigenvalue weighted by atomic mass is 10.0. The normalized spacial score (nSPS) is 19.8. The van der Waals surface area contributed by atoms with Gasteiger partial charge in [0, 0.05) is 23.5 Å². The van der Waals surface area contributed by atoms with E-state index in [9.17, 15) is 13.6 Å². The predicted molar refractivity (Wildman–Crippen MR) is 155 cm³/mol. The maximum absolute atomic E-state index is 13.3. The number of rotatable bonds is 6. The second kappa shape index (κ2) is 11.4. The molecule has 0 spiro atoms. The van der Waals surface area contributed by atoms with Crippen molar-refractivity contribution >= 4 is 59.8 Å². The number of benzene rings is 1. The Kier molecular flexibility index (Phi) is 8.01. The standard InChI is InChI=1S/C27H28N4O3S3/c1-2-21-10-6-7-15-31(21)37(33,34)22-13-11-20(12-14-22)30-24(32)17-36-27-25-23(19-8-4-3-5-9-19)16-35-26(25)28-18-29-27/h3-5,8-9,11-14,16,18,21H,2,6-7,10,15,17H2,1H3,(H,33,34)/t21-/m1/s1. The van der Waals surface area contributed by atoms with Crippen LogP contribution in [0, 0.1) is 0 Å². The van der Waals surface area contributed by atoms with Gasteiger partial charge in [-0.25, -0.2) is 23.5 Å². The van der Waals surface area contributed by atoms with Crippen LogP contribution in [0.1, 0.15) is 32.6 Å². The smallest absolute Gasteiger partial charge is 0.256 e. The van der Waals surface area contributed by atoms with Crippen molar-refractivity contribution in [1.29, 1.82) is 0 Å². The number of nitrogens with zero attached hydrogens (tertiary/aromatic N) is 4. The molecule has 192 valence electrons. The zero-order chi connectivity index (χ0) is 25.8. The number of thioether (sulfide) groups is 1. The molecule has 3 heterocycles. The Bertz CT molecular complexity index is 1500. The minimum Gasteiger partial charge on any atom is -0.302 e. The minimum absolute atomic E-state index is 0.105. The topological polar surface area (TPSA) is 95.8 Å². The van der Waals surface area contributed by atoms with Gasteiger partial charge in [-0.05, 0) is 49.1 Å². The molecule has 1 aliphatic carbocycles. The average molecular weight is 553 g/mol. The molecule has 0 radical (unpaired) electrons. The van der Waals surface area contributed by atoms with Gasteiger partial charge in [0.1, 0.15) is 16.2 Å². The third-order valence-corrected chi connectivity index (χ3v) is 10.4. The van der Waals surface area contributed by atoms with E-state index in [0.29, 0.717) is 17.1 Å². The number of hydrogen-bond donors (Lipinski definition) is 1.